The van der Waals surface area contributed by atoms with Crippen molar-refractivity contribution >= 4 is 23.2 Å². The molecule has 4 aromatic rings. The Hall–Kier alpha value is -4.48. The van der Waals surface area contributed by atoms with Crippen LogP contribution < -0.4 is 10.2 Å². The van der Waals surface area contributed by atoms with Gasteiger partial charge in [-0.3, -0.25) is 4.79 Å². The third-order valence-corrected chi connectivity index (χ3v) is 6.95. The van der Waals surface area contributed by atoms with Gasteiger partial charge in [-0.1, -0.05) is 38.1 Å². The summed E-state index contributed by atoms with van der Waals surface area (Å²) in [5, 5.41) is 20.4. The number of fused-ring (bicyclic) bond motifs is 1. The Kier molecular flexibility index (Phi) is 6.71. The van der Waals surface area contributed by atoms with E-state index in [1.807, 2.05) is 65.1 Å². The van der Waals surface area contributed by atoms with E-state index in [-0.39, 0.29) is 17.3 Å². The number of piperazine rings is 1. The lowest BCUT2D eigenvalue weighted by atomic mass is 9.97. The van der Waals surface area contributed by atoms with Gasteiger partial charge in [0, 0.05) is 43.2 Å². The van der Waals surface area contributed by atoms with Crippen LogP contribution in [0.1, 0.15) is 55.3 Å². The van der Waals surface area contributed by atoms with E-state index in [0.717, 1.165) is 33.6 Å². The molecule has 12 nitrogen and oxygen atoms in total. The highest BCUT2D eigenvalue weighted by Crippen LogP contribution is 2.30. The van der Waals surface area contributed by atoms with E-state index >= 15 is 0 Å². The highest BCUT2D eigenvalue weighted by molar-refractivity contribution is 5.90. The minimum Gasteiger partial charge on any atom is -0.465 e. The van der Waals surface area contributed by atoms with E-state index < -0.39 is 12.0 Å². The molecule has 2 N–H and O–H groups in total. The fraction of sp³-hybridized carbons (Fsp3) is 0.407. The van der Waals surface area contributed by atoms with Crippen molar-refractivity contribution in [3.05, 3.63) is 59.6 Å². The Morgan fingerprint density at radius 1 is 1.21 bits per heavy atom. The maximum atomic E-state index is 12.6. The maximum absolute atomic E-state index is 12.6. The largest absolute Gasteiger partial charge is 0.465 e. The summed E-state index contributed by atoms with van der Waals surface area (Å²) in [6, 6.07) is 8.06. The van der Waals surface area contributed by atoms with Gasteiger partial charge in [-0.15, -0.1) is 0 Å². The van der Waals surface area contributed by atoms with Gasteiger partial charge < -0.3 is 24.7 Å². The fourth-order valence-electron chi connectivity index (χ4n) is 4.73. The number of carboxylic acid groups (broad SMARTS) is 1. The number of nitrogens with one attached hydrogen (secondary N) is 1. The molecule has 12 heteroatoms. The number of benzene rings is 1. The van der Waals surface area contributed by atoms with E-state index in [1.54, 1.807) is 4.52 Å². The van der Waals surface area contributed by atoms with E-state index in [0.29, 0.717) is 32.1 Å². The van der Waals surface area contributed by atoms with Gasteiger partial charge in [-0.05, 0) is 37.1 Å². The predicted octanol–water partition coefficient (Wildman–Crippen LogP) is 3.50. The van der Waals surface area contributed by atoms with Crippen molar-refractivity contribution in [3.8, 4) is 11.3 Å². The van der Waals surface area contributed by atoms with Crippen LogP contribution in [0.5, 0.6) is 0 Å². The molecule has 2 amide bonds. The molecular weight excluding hydrogens is 500 g/mol. The fourth-order valence-corrected chi connectivity index (χ4v) is 4.73. The van der Waals surface area contributed by atoms with Gasteiger partial charge in [0.05, 0.1) is 23.1 Å². The van der Waals surface area contributed by atoms with Gasteiger partial charge in [0.2, 0.25) is 5.89 Å². The number of carbonyl (C=O) groups is 2. The van der Waals surface area contributed by atoms with Crippen LogP contribution in [-0.4, -0.2) is 72.4 Å². The van der Waals surface area contributed by atoms with Crippen molar-refractivity contribution in [3.63, 3.8) is 0 Å². The number of nitrogens with zero attached hydrogens (tertiary/aromatic N) is 7. The van der Waals surface area contributed by atoms with Gasteiger partial charge in [0.15, 0.2) is 0 Å². The Morgan fingerprint density at radius 2 is 2.00 bits per heavy atom. The van der Waals surface area contributed by atoms with Gasteiger partial charge in [0.1, 0.15) is 6.33 Å². The number of aromatic nitrogens is 5. The first-order chi connectivity index (χ1) is 18.5. The van der Waals surface area contributed by atoms with Gasteiger partial charge >= 0.3 is 6.09 Å². The number of hydrogen-bond acceptors (Lipinski definition) is 8. The molecule has 3 aromatic heterocycles. The highest BCUT2D eigenvalue weighted by Gasteiger charge is 2.28. The van der Waals surface area contributed by atoms with Crippen LogP contribution in [0.25, 0.3) is 16.8 Å². The van der Waals surface area contributed by atoms with Crippen LogP contribution in [0, 0.1) is 6.92 Å². The Morgan fingerprint density at radius 3 is 2.67 bits per heavy atom. The Labute approximate surface area is 225 Å². The number of anilines is 1. The summed E-state index contributed by atoms with van der Waals surface area (Å²) in [5.41, 5.74) is 5.16. The first kappa shape index (κ1) is 26.1. The molecule has 0 spiro atoms. The predicted molar refractivity (Wildman–Crippen MR) is 144 cm³/mol. The zero-order valence-corrected chi connectivity index (χ0v) is 22.7. The molecule has 204 valence electrons. The van der Waals surface area contributed by atoms with Crippen molar-refractivity contribution in [2.75, 3.05) is 24.5 Å². The summed E-state index contributed by atoms with van der Waals surface area (Å²) in [7, 11) is 0. The van der Waals surface area contributed by atoms with Crippen LogP contribution >= 0.6 is 0 Å². The van der Waals surface area contributed by atoms with Gasteiger partial charge in [-0.25, -0.2) is 14.3 Å². The molecule has 1 fully saturated rings. The molecular formula is C27H32N8O4. The van der Waals surface area contributed by atoms with Crippen LogP contribution in [0.3, 0.4) is 0 Å². The normalized spacial score (nSPS) is 16.1. The lowest BCUT2D eigenvalue weighted by Crippen LogP contribution is -2.53. The van der Waals surface area contributed by atoms with Gasteiger partial charge in [-0.2, -0.15) is 10.1 Å². The standard InChI is InChI=1S/C27H32N8O4/c1-16-10-18(6-7-19(16)12-28-24(36)23-31-25(39-32-23)27(3,4)5)22-21-11-20(14-35(21)30-15-29-22)34-9-8-33(26(37)38)13-17(34)2/h6-7,10-11,14-15,17H,8-9,12-13H2,1-5H3,(H,28,36)(H,37,38). The second-order valence-corrected chi connectivity index (χ2v) is 10.9. The first-order valence-corrected chi connectivity index (χ1v) is 12.8. The van der Waals surface area contributed by atoms with E-state index in [4.69, 9.17) is 4.52 Å². The summed E-state index contributed by atoms with van der Waals surface area (Å²) in [6.45, 7) is 11.7. The lowest BCUT2D eigenvalue weighted by molar-refractivity contribution is 0.0937. The summed E-state index contributed by atoms with van der Waals surface area (Å²) in [5.74, 6) is 0.0320. The number of hydrogen-bond donors (Lipinski definition) is 2. The third kappa shape index (κ3) is 5.27. The molecule has 1 aliphatic heterocycles. The van der Waals surface area contributed by atoms with Crippen molar-refractivity contribution in [2.24, 2.45) is 0 Å². The van der Waals surface area contributed by atoms with Crippen LogP contribution in [0.15, 0.2) is 41.3 Å². The second kappa shape index (κ2) is 10.0. The summed E-state index contributed by atoms with van der Waals surface area (Å²) in [6.07, 6.45) is 2.59. The summed E-state index contributed by atoms with van der Waals surface area (Å²) < 4.78 is 7.02. The van der Waals surface area contributed by atoms with Crippen LogP contribution in [-0.2, 0) is 12.0 Å². The Bertz CT molecular complexity index is 1540. The van der Waals surface area contributed by atoms with E-state index in [9.17, 15) is 14.7 Å². The molecule has 0 saturated carbocycles. The summed E-state index contributed by atoms with van der Waals surface area (Å²) in [4.78, 5) is 36.3. The molecule has 5 rings (SSSR count). The molecule has 1 atom stereocenters. The minimum absolute atomic E-state index is 0.0142. The average molecular weight is 533 g/mol. The van der Waals surface area contributed by atoms with E-state index in [1.165, 1.54) is 11.2 Å². The Balaban J connectivity index is 1.32. The maximum Gasteiger partial charge on any atom is 0.407 e. The quantitative estimate of drug-likeness (QED) is 0.395. The lowest BCUT2D eigenvalue weighted by Gasteiger charge is -2.39. The summed E-state index contributed by atoms with van der Waals surface area (Å²) >= 11 is 0. The van der Waals surface area contributed by atoms with Crippen LogP contribution in [0.4, 0.5) is 10.5 Å². The topological polar surface area (TPSA) is 142 Å². The molecule has 1 saturated heterocycles. The van der Waals surface area contributed by atoms with E-state index in [2.05, 4.69) is 30.4 Å². The molecule has 39 heavy (non-hydrogen) atoms. The zero-order valence-electron chi connectivity index (χ0n) is 22.7. The number of aryl methyl sites for hydroxylation is 1. The van der Waals surface area contributed by atoms with Crippen molar-refractivity contribution in [1.29, 1.82) is 0 Å². The van der Waals surface area contributed by atoms with Crippen molar-refractivity contribution < 1.29 is 19.2 Å². The number of amides is 2. The van der Waals surface area contributed by atoms with Crippen LogP contribution in [0.2, 0.25) is 0 Å². The first-order valence-electron chi connectivity index (χ1n) is 12.8. The van der Waals surface area contributed by atoms with Gasteiger partial charge in [0.25, 0.3) is 11.7 Å². The molecule has 1 unspecified atom stereocenters. The van der Waals surface area contributed by atoms with Crippen molar-refractivity contribution in [2.45, 2.75) is 52.6 Å². The smallest absolute Gasteiger partial charge is 0.407 e. The highest BCUT2D eigenvalue weighted by atomic mass is 16.5. The molecule has 4 heterocycles. The second-order valence-electron chi connectivity index (χ2n) is 10.9. The minimum atomic E-state index is -0.889. The SMILES string of the molecule is Cc1cc(-c2ncnn3cc(N4CCN(C(=O)O)CC4C)cc23)ccc1CNC(=O)c1noc(C(C)(C)C)n1. The molecule has 0 radical (unpaired) electrons. The molecule has 1 aliphatic rings. The molecule has 1 aromatic carbocycles. The molecule has 0 aliphatic carbocycles. The average Bonchev–Trinajstić information content (AvgIpc) is 3.55. The zero-order chi connectivity index (χ0) is 27.9. The number of rotatable bonds is 5. The number of carbonyl (C=O) groups excluding carboxylic acids is 1. The molecule has 0 bridgehead atoms. The third-order valence-electron chi connectivity index (χ3n) is 6.95. The van der Waals surface area contributed by atoms with Crippen molar-refractivity contribution in [1.82, 2.24) is 35.0 Å². The monoisotopic (exact) mass is 532 g/mol.